The predicted octanol–water partition coefficient (Wildman–Crippen LogP) is 3.66. The molecule has 0 saturated carbocycles. The lowest BCUT2D eigenvalue weighted by molar-refractivity contribution is 0.170. The molecule has 0 atom stereocenters. The fourth-order valence-corrected chi connectivity index (χ4v) is 3.90. The van der Waals surface area contributed by atoms with Crippen LogP contribution in [0.5, 0.6) is 0 Å². The van der Waals surface area contributed by atoms with E-state index in [1.807, 2.05) is 0 Å². The van der Waals surface area contributed by atoms with E-state index >= 15 is 0 Å². The van der Waals surface area contributed by atoms with Crippen molar-refractivity contribution in [3.05, 3.63) is 36.4 Å². The van der Waals surface area contributed by atoms with Gasteiger partial charge in [-0.05, 0) is 64.8 Å². The SMILES string of the molecule is CC1(C)CC(Nc2ncnc(Nc3ccc(F)cc3)c2N)CC(C)(C)N1. The highest BCUT2D eigenvalue weighted by Crippen LogP contribution is 2.32. The van der Waals surface area contributed by atoms with Crippen LogP contribution in [-0.4, -0.2) is 27.1 Å². The Morgan fingerprint density at radius 1 is 1.04 bits per heavy atom. The molecule has 0 spiro atoms. The van der Waals surface area contributed by atoms with Crippen molar-refractivity contribution in [1.82, 2.24) is 15.3 Å². The molecule has 7 heteroatoms. The number of piperidine rings is 1. The third-order valence-corrected chi connectivity index (χ3v) is 4.52. The predicted molar refractivity (Wildman–Crippen MR) is 104 cm³/mol. The summed E-state index contributed by atoms with van der Waals surface area (Å²) in [5.41, 5.74) is 7.49. The van der Waals surface area contributed by atoms with Gasteiger partial charge in [0.1, 0.15) is 17.8 Å². The summed E-state index contributed by atoms with van der Waals surface area (Å²) in [7, 11) is 0. The molecule has 0 bridgehead atoms. The fourth-order valence-electron chi connectivity index (χ4n) is 3.90. The number of hydrogen-bond acceptors (Lipinski definition) is 6. The molecule has 5 N–H and O–H groups in total. The molecule has 26 heavy (non-hydrogen) atoms. The molecular formula is C19H27FN6. The van der Waals surface area contributed by atoms with Crippen molar-refractivity contribution in [2.75, 3.05) is 16.4 Å². The highest BCUT2D eigenvalue weighted by molar-refractivity contribution is 5.77. The Labute approximate surface area is 153 Å². The zero-order valence-electron chi connectivity index (χ0n) is 15.7. The monoisotopic (exact) mass is 358 g/mol. The molecule has 6 nitrogen and oxygen atoms in total. The van der Waals surface area contributed by atoms with E-state index in [4.69, 9.17) is 5.73 Å². The number of anilines is 4. The Morgan fingerprint density at radius 3 is 2.23 bits per heavy atom. The van der Waals surface area contributed by atoms with Crippen LogP contribution >= 0.6 is 0 Å². The van der Waals surface area contributed by atoms with Gasteiger partial charge in [0.05, 0.1) is 0 Å². The average Bonchev–Trinajstić information content (AvgIpc) is 2.50. The second-order valence-corrected chi connectivity index (χ2v) is 8.26. The molecule has 1 aliphatic heterocycles. The summed E-state index contributed by atoms with van der Waals surface area (Å²) in [5, 5.41) is 10.3. The zero-order chi connectivity index (χ0) is 18.9. The lowest BCUT2D eigenvalue weighted by Gasteiger charge is -2.46. The third-order valence-electron chi connectivity index (χ3n) is 4.52. The van der Waals surface area contributed by atoms with Crippen molar-refractivity contribution in [3.8, 4) is 0 Å². The number of nitrogens with two attached hydrogens (primary N) is 1. The molecule has 1 fully saturated rings. The van der Waals surface area contributed by atoms with Crippen LogP contribution in [0.15, 0.2) is 30.6 Å². The first-order valence-electron chi connectivity index (χ1n) is 8.82. The number of nitrogen functional groups attached to an aromatic ring is 1. The molecule has 0 amide bonds. The fraction of sp³-hybridized carbons (Fsp3) is 0.474. The number of hydrogen-bond donors (Lipinski definition) is 4. The first-order valence-corrected chi connectivity index (χ1v) is 8.82. The van der Waals surface area contributed by atoms with Gasteiger partial charge in [0.15, 0.2) is 11.6 Å². The summed E-state index contributed by atoms with van der Waals surface area (Å²) in [6, 6.07) is 6.30. The standard InChI is InChI=1S/C19H27FN6/c1-18(2)9-14(10-19(3,4)26-18)25-17-15(21)16(22-11-23-17)24-13-7-5-12(20)6-8-13/h5-8,11,14,26H,9-10,21H2,1-4H3,(H2,22,23,24,25). The first-order chi connectivity index (χ1) is 12.1. The maximum absolute atomic E-state index is 13.1. The van der Waals surface area contributed by atoms with E-state index in [0.717, 1.165) is 12.8 Å². The summed E-state index contributed by atoms with van der Waals surface area (Å²) in [6.07, 6.45) is 3.39. The molecular weight excluding hydrogens is 331 g/mol. The lowest BCUT2D eigenvalue weighted by atomic mass is 9.79. The summed E-state index contributed by atoms with van der Waals surface area (Å²) in [4.78, 5) is 8.53. The molecule has 1 aliphatic rings. The van der Waals surface area contributed by atoms with Gasteiger partial charge >= 0.3 is 0 Å². The van der Waals surface area contributed by atoms with Gasteiger partial charge in [-0.1, -0.05) is 0 Å². The van der Waals surface area contributed by atoms with Crippen molar-refractivity contribution in [2.45, 2.75) is 57.7 Å². The van der Waals surface area contributed by atoms with Crippen molar-refractivity contribution in [2.24, 2.45) is 0 Å². The summed E-state index contributed by atoms with van der Waals surface area (Å²) < 4.78 is 13.1. The number of benzene rings is 1. The van der Waals surface area contributed by atoms with E-state index in [-0.39, 0.29) is 22.9 Å². The Kier molecular flexibility index (Phi) is 4.75. The maximum atomic E-state index is 13.1. The Balaban J connectivity index is 1.77. The van der Waals surface area contributed by atoms with Crippen LogP contribution in [0.2, 0.25) is 0 Å². The summed E-state index contributed by atoms with van der Waals surface area (Å²) in [5.74, 6) is 0.828. The van der Waals surface area contributed by atoms with Gasteiger partial charge in [0, 0.05) is 22.8 Å². The molecule has 2 aromatic rings. The molecule has 140 valence electrons. The number of aromatic nitrogens is 2. The maximum Gasteiger partial charge on any atom is 0.159 e. The van der Waals surface area contributed by atoms with Crippen molar-refractivity contribution in [1.29, 1.82) is 0 Å². The van der Waals surface area contributed by atoms with E-state index in [1.165, 1.54) is 18.5 Å². The largest absolute Gasteiger partial charge is 0.393 e. The normalized spacial score (nSPS) is 19.1. The van der Waals surface area contributed by atoms with E-state index in [2.05, 4.69) is 53.6 Å². The minimum Gasteiger partial charge on any atom is -0.393 e. The second-order valence-electron chi connectivity index (χ2n) is 8.26. The molecule has 1 saturated heterocycles. The summed E-state index contributed by atoms with van der Waals surface area (Å²) >= 11 is 0. The van der Waals surface area contributed by atoms with Gasteiger partial charge in [0.25, 0.3) is 0 Å². The molecule has 0 radical (unpaired) electrons. The number of halogens is 1. The van der Waals surface area contributed by atoms with Crippen molar-refractivity contribution < 1.29 is 4.39 Å². The van der Waals surface area contributed by atoms with Crippen molar-refractivity contribution >= 4 is 23.0 Å². The molecule has 1 aromatic carbocycles. The smallest absolute Gasteiger partial charge is 0.159 e. The zero-order valence-corrected chi connectivity index (χ0v) is 15.7. The first kappa shape index (κ1) is 18.4. The molecule has 1 aromatic heterocycles. The minimum atomic E-state index is -0.287. The Bertz CT molecular complexity index is 756. The van der Waals surface area contributed by atoms with Crippen LogP contribution in [0.4, 0.5) is 27.4 Å². The third kappa shape index (κ3) is 4.40. The van der Waals surface area contributed by atoms with Gasteiger partial charge in [-0.2, -0.15) is 0 Å². The number of nitrogens with one attached hydrogen (secondary N) is 3. The van der Waals surface area contributed by atoms with Crippen LogP contribution < -0.4 is 21.7 Å². The van der Waals surface area contributed by atoms with E-state index < -0.39 is 0 Å². The van der Waals surface area contributed by atoms with Gasteiger partial charge in [-0.3, -0.25) is 0 Å². The number of nitrogens with zero attached hydrogens (tertiary/aromatic N) is 2. The van der Waals surface area contributed by atoms with E-state index in [9.17, 15) is 4.39 Å². The van der Waals surface area contributed by atoms with Crippen molar-refractivity contribution in [3.63, 3.8) is 0 Å². The van der Waals surface area contributed by atoms with Gasteiger partial charge in [-0.25, -0.2) is 14.4 Å². The minimum absolute atomic E-state index is 0.0242. The Morgan fingerprint density at radius 2 is 1.62 bits per heavy atom. The van der Waals surface area contributed by atoms with E-state index in [1.54, 1.807) is 12.1 Å². The van der Waals surface area contributed by atoms with Gasteiger partial charge in [-0.15, -0.1) is 0 Å². The molecule has 3 rings (SSSR count). The molecule has 0 aliphatic carbocycles. The molecule has 0 unspecified atom stereocenters. The Hall–Kier alpha value is -2.41. The average molecular weight is 358 g/mol. The highest BCUT2D eigenvalue weighted by atomic mass is 19.1. The van der Waals surface area contributed by atoms with Gasteiger partial charge in [0.2, 0.25) is 0 Å². The van der Waals surface area contributed by atoms with Crippen LogP contribution in [0, 0.1) is 5.82 Å². The number of rotatable bonds is 4. The highest BCUT2D eigenvalue weighted by Gasteiger charge is 2.37. The second kappa shape index (κ2) is 6.72. The van der Waals surface area contributed by atoms with Crippen LogP contribution in [0.25, 0.3) is 0 Å². The molecule has 2 heterocycles. The topological polar surface area (TPSA) is 87.9 Å². The summed E-state index contributed by atoms with van der Waals surface area (Å²) in [6.45, 7) is 8.81. The van der Waals surface area contributed by atoms with Crippen LogP contribution in [-0.2, 0) is 0 Å². The van der Waals surface area contributed by atoms with Gasteiger partial charge < -0.3 is 21.7 Å². The van der Waals surface area contributed by atoms with Crippen LogP contribution in [0.3, 0.4) is 0 Å². The lowest BCUT2D eigenvalue weighted by Crippen LogP contribution is -2.60. The van der Waals surface area contributed by atoms with E-state index in [0.29, 0.717) is 23.0 Å². The quantitative estimate of drug-likeness (QED) is 0.667. The van der Waals surface area contributed by atoms with Crippen LogP contribution in [0.1, 0.15) is 40.5 Å².